The van der Waals surface area contributed by atoms with E-state index in [1.54, 1.807) is 6.92 Å². The van der Waals surface area contributed by atoms with E-state index < -0.39 is 8.03 Å². The number of unbranched alkanes of at least 4 members (excludes halogenated alkanes) is 2. The number of carbonyl (C=O) groups excluding carboxylic acids is 1. The molecule has 0 saturated heterocycles. The summed E-state index contributed by atoms with van der Waals surface area (Å²) in [5.74, 6) is 0.196. The van der Waals surface area contributed by atoms with Crippen molar-refractivity contribution in [2.45, 2.75) is 32.6 Å². The summed E-state index contributed by atoms with van der Waals surface area (Å²) >= 11 is 0. The van der Waals surface area contributed by atoms with Crippen molar-refractivity contribution in [2.75, 3.05) is 6.16 Å². The van der Waals surface area contributed by atoms with E-state index in [0.29, 0.717) is 12.6 Å². The van der Waals surface area contributed by atoms with E-state index >= 15 is 0 Å². The first-order valence-electron chi connectivity index (χ1n) is 3.84. The van der Waals surface area contributed by atoms with Gasteiger partial charge < -0.3 is 9.69 Å². The van der Waals surface area contributed by atoms with Gasteiger partial charge in [-0.3, -0.25) is 4.57 Å². The minimum atomic E-state index is -2.27. The van der Waals surface area contributed by atoms with Gasteiger partial charge in [-0.1, -0.05) is 6.42 Å². The number of hydrogen-bond acceptors (Lipinski definition) is 2. The second-order valence-corrected chi connectivity index (χ2v) is 3.94. The van der Waals surface area contributed by atoms with E-state index in [9.17, 15) is 9.36 Å². The summed E-state index contributed by atoms with van der Waals surface area (Å²) in [6.07, 6.45) is 3.51. The van der Waals surface area contributed by atoms with Crippen LogP contribution in [0.4, 0.5) is 0 Å². The fraction of sp³-hybridized carbons (Fsp3) is 0.857. The molecule has 0 saturated carbocycles. The molecule has 0 aliphatic rings. The highest BCUT2D eigenvalue weighted by atomic mass is 31.1. The highest BCUT2D eigenvalue weighted by Crippen LogP contribution is 2.15. The molecule has 0 aliphatic heterocycles. The number of Topliss-reactive ketones (excluding diaryl/α,β-unsaturated/α-hetero) is 1. The lowest BCUT2D eigenvalue weighted by molar-refractivity contribution is -0.117. The quantitative estimate of drug-likeness (QED) is 0.496. The van der Waals surface area contributed by atoms with E-state index in [1.807, 2.05) is 0 Å². The molecular weight excluding hydrogens is 163 g/mol. The summed E-state index contributed by atoms with van der Waals surface area (Å²) in [7, 11) is -2.27. The molecule has 4 heteroatoms. The summed E-state index contributed by atoms with van der Waals surface area (Å²) in [5.41, 5.74) is 0. The van der Waals surface area contributed by atoms with Gasteiger partial charge in [-0.05, 0) is 19.8 Å². The van der Waals surface area contributed by atoms with Crippen LogP contribution in [0, 0.1) is 0 Å². The summed E-state index contributed by atoms with van der Waals surface area (Å²) in [5, 5.41) is 0. The molecule has 3 nitrogen and oxygen atoms in total. The molecule has 0 radical (unpaired) electrons. The van der Waals surface area contributed by atoms with Crippen molar-refractivity contribution >= 4 is 13.8 Å². The molecular formula is C7H15O3P. The zero-order valence-electron chi connectivity index (χ0n) is 6.80. The average molecular weight is 178 g/mol. The van der Waals surface area contributed by atoms with Gasteiger partial charge in [0, 0.05) is 12.6 Å². The van der Waals surface area contributed by atoms with Crippen LogP contribution in [-0.4, -0.2) is 16.8 Å². The number of rotatable bonds is 6. The number of carbonyl (C=O) groups is 1. The van der Waals surface area contributed by atoms with E-state index in [1.165, 1.54) is 0 Å². The van der Waals surface area contributed by atoms with Crippen LogP contribution in [0.3, 0.4) is 0 Å². The van der Waals surface area contributed by atoms with Crippen molar-refractivity contribution in [2.24, 2.45) is 0 Å². The normalized spacial score (nSPS) is 12.9. The zero-order chi connectivity index (χ0) is 8.69. The maximum atomic E-state index is 10.4. The smallest absolute Gasteiger partial charge is 0.189 e. The van der Waals surface area contributed by atoms with Gasteiger partial charge in [0.25, 0.3) is 0 Å². The molecule has 1 atom stereocenters. The van der Waals surface area contributed by atoms with Crippen molar-refractivity contribution in [3.8, 4) is 0 Å². The van der Waals surface area contributed by atoms with Crippen LogP contribution in [0.5, 0.6) is 0 Å². The molecule has 0 aromatic rings. The molecule has 0 aromatic carbocycles. The largest absolute Gasteiger partial charge is 0.346 e. The van der Waals surface area contributed by atoms with Crippen LogP contribution in [0.25, 0.3) is 0 Å². The van der Waals surface area contributed by atoms with E-state index in [-0.39, 0.29) is 5.78 Å². The third kappa shape index (κ3) is 9.86. The fourth-order valence-corrected chi connectivity index (χ4v) is 1.38. The molecule has 0 fully saturated rings. The zero-order valence-corrected chi connectivity index (χ0v) is 7.80. The minimum absolute atomic E-state index is 0.196. The van der Waals surface area contributed by atoms with Crippen molar-refractivity contribution in [1.29, 1.82) is 0 Å². The Labute approximate surface area is 67.7 Å². The Balaban J connectivity index is 3.03. The Morgan fingerprint density at radius 2 is 2.00 bits per heavy atom. The lowest BCUT2D eigenvalue weighted by Crippen LogP contribution is -1.89. The van der Waals surface area contributed by atoms with Crippen molar-refractivity contribution < 1.29 is 14.3 Å². The van der Waals surface area contributed by atoms with Gasteiger partial charge in [-0.2, -0.15) is 0 Å². The third-order valence-corrected chi connectivity index (χ3v) is 2.20. The first-order chi connectivity index (χ1) is 5.13. The van der Waals surface area contributed by atoms with Crippen LogP contribution >= 0.6 is 8.03 Å². The van der Waals surface area contributed by atoms with Gasteiger partial charge in [-0.25, -0.2) is 0 Å². The van der Waals surface area contributed by atoms with E-state index in [2.05, 4.69) is 0 Å². The van der Waals surface area contributed by atoms with Gasteiger partial charge >= 0.3 is 0 Å². The van der Waals surface area contributed by atoms with Crippen molar-refractivity contribution in [1.82, 2.24) is 0 Å². The Hall–Kier alpha value is -0.140. The molecule has 1 N–H and O–H groups in total. The third-order valence-electron chi connectivity index (χ3n) is 1.42. The Kier molecular flexibility index (Phi) is 6.48. The first-order valence-corrected chi connectivity index (χ1v) is 5.40. The van der Waals surface area contributed by atoms with Gasteiger partial charge in [0.2, 0.25) is 0 Å². The van der Waals surface area contributed by atoms with Gasteiger partial charge in [-0.15, -0.1) is 0 Å². The molecule has 0 amide bonds. The molecule has 11 heavy (non-hydrogen) atoms. The molecule has 0 aliphatic carbocycles. The maximum absolute atomic E-state index is 10.4. The molecule has 1 unspecified atom stereocenters. The number of ketones is 1. The second kappa shape index (κ2) is 6.56. The molecule has 0 bridgehead atoms. The maximum Gasteiger partial charge on any atom is 0.189 e. The summed E-state index contributed by atoms with van der Waals surface area (Å²) < 4.78 is 10.2. The average Bonchev–Trinajstić information content (AvgIpc) is 1.85. The predicted molar refractivity (Wildman–Crippen MR) is 45.2 cm³/mol. The topological polar surface area (TPSA) is 54.4 Å². The number of hydrogen-bond donors (Lipinski definition) is 1. The van der Waals surface area contributed by atoms with Gasteiger partial charge in [0.05, 0.1) is 0 Å². The van der Waals surface area contributed by atoms with Crippen molar-refractivity contribution in [3.05, 3.63) is 0 Å². The van der Waals surface area contributed by atoms with Crippen molar-refractivity contribution in [3.63, 3.8) is 0 Å². The first kappa shape index (κ1) is 10.9. The molecule has 0 heterocycles. The predicted octanol–water partition coefficient (Wildman–Crippen LogP) is 1.60. The molecule has 0 aromatic heterocycles. The van der Waals surface area contributed by atoms with Crippen LogP contribution < -0.4 is 0 Å². The Bertz CT molecular complexity index is 129. The lowest BCUT2D eigenvalue weighted by Gasteiger charge is -1.95. The summed E-state index contributed by atoms with van der Waals surface area (Å²) in [6.45, 7) is 1.56. The monoisotopic (exact) mass is 178 g/mol. The van der Waals surface area contributed by atoms with Crippen LogP contribution in [0.15, 0.2) is 0 Å². The highest BCUT2D eigenvalue weighted by Gasteiger charge is 1.95. The van der Waals surface area contributed by atoms with E-state index in [4.69, 9.17) is 4.89 Å². The SMILES string of the molecule is CC(=O)CCCCC[PH](=O)O. The van der Waals surface area contributed by atoms with Crippen LogP contribution in [0.2, 0.25) is 0 Å². The molecule has 0 rings (SSSR count). The lowest BCUT2D eigenvalue weighted by atomic mass is 10.2. The van der Waals surface area contributed by atoms with Gasteiger partial charge in [0.1, 0.15) is 5.78 Å². The Morgan fingerprint density at radius 3 is 2.45 bits per heavy atom. The van der Waals surface area contributed by atoms with E-state index in [0.717, 1.165) is 19.3 Å². The van der Waals surface area contributed by atoms with Gasteiger partial charge in [0.15, 0.2) is 8.03 Å². The van der Waals surface area contributed by atoms with Crippen LogP contribution in [-0.2, 0) is 9.36 Å². The fourth-order valence-electron chi connectivity index (χ4n) is 0.827. The van der Waals surface area contributed by atoms with Crippen LogP contribution in [0.1, 0.15) is 32.6 Å². The summed E-state index contributed by atoms with van der Waals surface area (Å²) in [6, 6.07) is 0. The Morgan fingerprint density at radius 1 is 1.36 bits per heavy atom. The molecule has 0 spiro atoms. The second-order valence-electron chi connectivity index (χ2n) is 2.66. The minimum Gasteiger partial charge on any atom is -0.346 e. The summed E-state index contributed by atoms with van der Waals surface area (Å²) in [4.78, 5) is 18.9. The molecule has 66 valence electrons. The highest BCUT2D eigenvalue weighted by molar-refractivity contribution is 7.37. The standard InChI is InChI=1S/C7H15O3P/c1-7(8)5-3-2-4-6-11(9)10/h11H,2-6H2,1H3,(H,9,10).